The molecule has 1 aromatic carbocycles. The number of hydrazine groups is 1. The van der Waals surface area contributed by atoms with E-state index in [4.69, 9.17) is 5.73 Å². The molecular weight excluding hydrogens is 245 g/mol. The van der Waals surface area contributed by atoms with Crippen molar-refractivity contribution in [2.45, 2.75) is 45.2 Å². The molecule has 2 rings (SSSR count). The molecule has 2 unspecified atom stereocenters. The summed E-state index contributed by atoms with van der Waals surface area (Å²) in [5.41, 5.74) is 9.04. The lowest BCUT2D eigenvalue weighted by molar-refractivity contribution is 0.0370. The summed E-state index contributed by atoms with van der Waals surface area (Å²) in [7, 11) is 0. The fourth-order valence-corrected chi connectivity index (χ4v) is 2.56. The average molecular weight is 265 g/mol. The number of nitrogen functional groups attached to an aromatic ring is 1. The van der Waals surface area contributed by atoms with Crippen molar-refractivity contribution in [2.75, 3.05) is 5.73 Å². The molecule has 1 aliphatic rings. The zero-order valence-corrected chi connectivity index (χ0v) is 11.3. The van der Waals surface area contributed by atoms with Crippen molar-refractivity contribution >= 4 is 11.6 Å². The van der Waals surface area contributed by atoms with Crippen molar-refractivity contribution < 1.29 is 9.18 Å². The molecule has 1 amide bonds. The van der Waals surface area contributed by atoms with Gasteiger partial charge in [-0.3, -0.25) is 10.2 Å². The van der Waals surface area contributed by atoms with E-state index in [0.29, 0.717) is 17.6 Å². The third-order valence-corrected chi connectivity index (χ3v) is 3.68. The summed E-state index contributed by atoms with van der Waals surface area (Å²) in [6.07, 6.45) is 3.29. The molecule has 1 aliphatic heterocycles. The number of rotatable bonds is 2. The minimum atomic E-state index is -0.436. The smallest absolute Gasteiger partial charge is 0.267 e. The van der Waals surface area contributed by atoms with E-state index in [9.17, 15) is 9.18 Å². The highest BCUT2D eigenvalue weighted by atomic mass is 19.1. The van der Waals surface area contributed by atoms with Gasteiger partial charge < -0.3 is 5.73 Å². The number of nitrogens with one attached hydrogen (secondary N) is 1. The van der Waals surface area contributed by atoms with Crippen LogP contribution in [0.3, 0.4) is 0 Å². The molecule has 1 aromatic rings. The Morgan fingerprint density at radius 1 is 1.37 bits per heavy atom. The summed E-state index contributed by atoms with van der Waals surface area (Å²) in [6.45, 7) is 4.17. The third-order valence-electron chi connectivity index (χ3n) is 3.68. The van der Waals surface area contributed by atoms with Crippen LogP contribution in [-0.4, -0.2) is 23.0 Å². The summed E-state index contributed by atoms with van der Waals surface area (Å²) in [5.74, 6) is -0.716. The van der Waals surface area contributed by atoms with Crippen molar-refractivity contribution in [3.05, 3.63) is 29.6 Å². The van der Waals surface area contributed by atoms with Gasteiger partial charge in [0.25, 0.3) is 5.91 Å². The normalized spacial score (nSPS) is 24.2. The second kappa shape index (κ2) is 5.57. The Labute approximate surface area is 112 Å². The van der Waals surface area contributed by atoms with Gasteiger partial charge in [0.05, 0.1) is 5.56 Å². The third kappa shape index (κ3) is 3.04. The highest BCUT2D eigenvalue weighted by Gasteiger charge is 2.26. The number of hydrogen-bond acceptors (Lipinski definition) is 3. The van der Waals surface area contributed by atoms with Crippen molar-refractivity contribution in [3.8, 4) is 0 Å². The number of carbonyl (C=O) groups is 1. The minimum absolute atomic E-state index is 0.162. The maximum Gasteiger partial charge on any atom is 0.267 e. The van der Waals surface area contributed by atoms with Crippen LogP contribution in [0.1, 0.15) is 43.5 Å². The predicted octanol–water partition coefficient (Wildman–Crippen LogP) is 2.32. The summed E-state index contributed by atoms with van der Waals surface area (Å²) in [4.78, 5) is 12.2. The molecule has 104 valence electrons. The maximum absolute atomic E-state index is 13.0. The number of amides is 1. The fraction of sp³-hybridized carbons (Fsp3) is 0.500. The monoisotopic (exact) mass is 265 g/mol. The van der Waals surface area contributed by atoms with E-state index in [-0.39, 0.29) is 11.6 Å². The number of piperidine rings is 1. The Balaban J connectivity index is 2.11. The first-order valence-electron chi connectivity index (χ1n) is 6.63. The molecule has 0 aliphatic carbocycles. The quantitative estimate of drug-likeness (QED) is 0.807. The van der Waals surface area contributed by atoms with Gasteiger partial charge >= 0.3 is 0 Å². The van der Waals surface area contributed by atoms with E-state index in [1.165, 1.54) is 18.6 Å². The lowest BCUT2D eigenvalue weighted by Gasteiger charge is -2.38. The number of carbonyl (C=O) groups excluding carboxylic acids is 1. The van der Waals surface area contributed by atoms with Gasteiger partial charge in [-0.05, 0) is 44.9 Å². The molecule has 0 radical (unpaired) electrons. The van der Waals surface area contributed by atoms with Crippen LogP contribution in [0, 0.1) is 5.82 Å². The van der Waals surface area contributed by atoms with E-state index in [1.54, 1.807) is 0 Å². The number of halogens is 1. The second-order valence-corrected chi connectivity index (χ2v) is 5.21. The summed E-state index contributed by atoms with van der Waals surface area (Å²) >= 11 is 0. The summed E-state index contributed by atoms with van der Waals surface area (Å²) in [6, 6.07) is 4.43. The van der Waals surface area contributed by atoms with Gasteiger partial charge in [0.2, 0.25) is 0 Å². The van der Waals surface area contributed by atoms with Gasteiger partial charge in [-0.25, -0.2) is 9.40 Å². The number of anilines is 1. The Morgan fingerprint density at radius 3 is 2.58 bits per heavy atom. The molecule has 19 heavy (non-hydrogen) atoms. The van der Waals surface area contributed by atoms with Gasteiger partial charge in [0.1, 0.15) is 5.82 Å². The maximum atomic E-state index is 13.0. The molecule has 0 saturated carbocycles. The van der Waals surface area contributed by atoms with Crippen LogP contribution in [0.2, 0.25) is 0 Å². The Kier molecular flexibility index (Phi) is 4.04. The first-order valence-corrected chi connectivity index (χ1v) is 6.63. The van der Waals surface area contributed by atoms with Crippen LogP contribution in [0.4, 0.5) is 10.1 Å². The van der Waals surface area contributed by atoms with Crippen LogP contribution < -0.4 is 11.2 Å². The van der Waals surface area contributed by atoms with Crippen LogP contribution in [0.5, 0.6) is 0 Å². The second-order valence-electron chi connectivity index (χ2n) is 5.21. The van der Waals surface area contributed by atoms with Gasteiger partial charge in [-0.1, -0.05) is 6.42 Å². The van der Waals surface area contributed by atoms with Gasteiger partial charge in [0.15, 0.2) is 0 Å². The van der Waals surface area contributed by atoms with Crippen molar-refractivity contribution in [3.63, 3.8) is 0 Å². The zero-order valence-electron chi connectivity index (χ0n) is 11.3. The average Bonchev–Trinajstić information content (AvgIpc) is 2.33. The Bertz CT molecular complexity index is 468. The van der Waals surface area contributed by atoms with E-state index < -0.39 is 5.82 Å². The fourth-order valence-electron chi connectivity index (χ4n) is 2.56. The number of nitrogens with zero attached hydrogens (tertiary/aromatic N) is 1. The molecule has 4 nitrogen and oxygen atoms in total. The van der Waals surface area contributed by atoms with Gasteiger partial charge in [-0.15, -0.1) is 0 Å². The molecular formula is C14H20FN3O. The molecule has 2 atom stereocenters. The number of hydrogen-bond donors (Lipinski definition) is 2. The lowest BCUT2D eigenvalue weighted by atomic mass is 10.00. The summed E-state index contributed by atoms with van der Waals surface area (Å²) in [5, 5.41) is 1.97. The molecule has 0 spiro atoms. The number of nitrogens with two attached hydrogens (primary N) is 1. The predicted molar refractivity (Wildman–Crippen MR) is 72.9 cm³/mol. The van der Waals surface area contributed by atoms with Crippen LogP contribution in [0.25, 0.3) is 0 Å². The van der Waals surface area contributed by atoms with E-state index in [2.05, 4.69) is 19.3 Å². The molecule has 3 N–H and O–H groups in total. The van der Waals surface area contributed by atoms with E-state index in [0.717, 1.165) is 18.9 Å². The molecule has 0 bridgehead atoms. The topological polar surface area (TPSA) is 58.4 Å². The van der Waals surface area contributed by atoms with Crippen LogP contribution in [-0.2, 0) is 0 Å². The highest BCUT2D eigenvalue weighted by Crippen LogP contribution is 2.21. The molecule has 1 saturated heterocycles. The molecule has 0 aromatic heterocycles. The number of benzene rings is 1. The van der Waals surface area contributed by atoms with Crippen LogP contribution >= 0.6 is 0 Å². The summed E-state index contributed by atoms with van der Waals surface area (Å²) < 4.78 is 13.0. The van der Waals surface area contributed by atoms with Crippen molar-refractivity contribution in [2.24, 2.45) is 0 Å². The Hall–Kier alpha value is -1.62. The molecule has 5 heteroatoms. The lowest BCUT2D eigenvalue weighted by Crippen LogP contribution is -2.54. The van der Waals surface area contributed by atoms with E-state index >= 15 is 0 Å². The molecule has 1 fully saturated rings. The first kappa shape index (κ1) is 13.8. The Morgan fingerprint density at radius 2 is 2.00 bits per heavy atom. The minimum Gasteiger partial charge on any atom is -0.398 e. The standard InChI is InChI=1S/C14H20FN3O/c1-9-4-3-5-10(2)18(9)17-14(19)12-7-6-11(15)8-13(12)16/h6-10H,3-5,16H2,1-2H3,(H,17,19). The molecule has 1 heterocycles. The SMILES string of the molecule is CC1CCCC(C)N1NC(=O)c1ccc(F)cc1N. The first-order chi connectivity index (χ1) is 8.99. The van der Waals surface area contributed by atoms with Crippen molar-refractivity contribution in [1.29, 1.82) is 0 Å². The van der Waals surface area contributed by atoms with Crippen molar-refractivity contribution in [1.82, 2.24) is 10.4 Å². The largest absolute Gasteiger partial charge is 0.398 e. The zero-order chi connectivity index (χ0) is 14.0. The highest BCUT2D eigenvalue weighted by molar-refractivity contribution is 5.98. The van der Waals surface area contributed by atoms with E-state index in [1.807, 2.05) is 5.01 Å². The van der Waals surface area contributed by atoms with Crippen LogP contribution in [0.15, 0.2) is 18.2 Å². The van der Waals surface area contributed by atoms with Gasteiger partial charge in [-0.2, -0.15) is 0 Å². The van der Waals surface area contributed by atoms with Gasteiger partial charge in [0, 0.05) is 17.8 Å².